The van der Waals surface area contributed by atoms with Gasteiger partial charge in [0, 0.05) is 10.5 Å². The van der Waals surface area contributed by atoms with E-state index < -0.39 is 5.97 Å². The summed E-state index contributed by atoms with van der Waals surface area (Å²) in [5.74, 6) is -0.456. The molecule has 0 aromatic heterocycles. The summed E-state index contributed by atoms with van der Waals surface area (Å²) in [6, 6.07) is 4.50. The van der Waals surface area contributed by atoms with Crippen LogP contribution in [-0.4, -0.2) is 23.0 Å². The predicted molar refractivity (Wildman–Crippen MR) is 82.0 cm³/mol. The summed E-state index contributed by atoms with van der Waals surface area (Å²) in [5, 5.41) is 11.9. The first-order valence-corrected chi connectivity index (χ1v) is 7.86. The minimum Gasteiger partial charge on any atom is -0.478 e. The van der Waals surface area contributed by atoms with Crippen molar-refractivity contribution >= 4 is 33.5 Å². The Balaban J connectivity index is 1.79. The van der Waals surface area contributed by atoms with E-state index in [1.165, 1.54) is 12.1 Å². The Morgan fingerprint density at radius 2 is 2.00 bits per heavy atom. The molecule has 112 valence electrons. The number of anilines is 1. The Kier molecular flexibility index (Phi) is 3.75. The number of carboxylic acid groups (broad SMARTS) is 1. The van der Waals surface area contributed by atoms with Crippen molar-refractivity contribution in [1.29, 1.82) is 0 Å². The monoisotopic (exact) mass is 352 g/mol. The number of benzene rings is 1. The summed E-state index contributed by atoms with van der Waals surface area (Å²) < 4.78 is 0.664. The van der Waals surface area contributed by atoms with Gasteiger partial charge >= 0.3 is 5.97 Å². The normalized spacial score (nSPS) is 30.4. The van der Waals surface area contributed by atoms with Gasteiger partial charge in [-0.05, 0) is 65.2 Å². The molecule has 2 fully saturated rings. The Labute approximate surface area is 131 Å². The van der Waals surface area contributed by atoms with Gasteiger partial charge in [-0.15, -0.1) is 0 Å². The van der Waals surface area contributed by atoms with E-state index in [-0.39, 0.29) is 23.4 Å². The molecular weight excluding hydrogens is 336 g/mol. The highest BCUT2D eigenvalue weighted by molar-refractivity contribution is 9.10. The average Bonchev–Trinajstić information content (AvgIpc) is 3.01. The molecule has 2 aliphatic rings. The standard InChI is InChI=1S/C15H17BrN2O3/c16-10-4-3-9(15(20)21)6-11(10)18-14(19)12-7-1-2-8(5-7)13(12)17/h3-4,6-8,12-13H,1-2,5,17H2,(H,18,19)(H,20,21). The summed E-state index contributed by atoms with van der Waals surface area (Å²) in [6.45, 7) is 0. The number of carboxylic acids is 1. The van der Waals surface area contributed by atoms with Gasteiger partial charge in [-0.1, -0.05) is 0 Å². The maximum atomic E-state index is 12.5. The van der Waals surface area contributed by atoms with E-state index in [2.05, 4.69) is 21.2 Å². The number of halogens is 1. The van der Waals surface area contributed by atoms with Crippen molar-refractivity contribution in [2.45, 2.75) is 25.3 Å². The molecule has 6 heteroatoms. The number of carbonyl (C=O) groups excluding carboxylic acids is 1. The van der Waals surface area contributed by atoms with Crippen LogP contribution in [0.25, 0.3) is 0 Å². The molecule has 1 aromatic rings. The van der Waals surface area contributed by atoms with Crippen LogP contribution in [0.3, 0.4) is 0 Å². The average molecular weight is 353 g/mol. The molecule has 5 nitrogen and oxygen atoms in total. The van der Waals surface area contributed by atoms with Crippen molar-refractivity contribution in [3.63, 3.8) is 0 Å². The Bertz CT molecular complexity index is 603. The van der Waals surface area contributed by atoms with E-state index in [0.717, 1.165) is 19.3 Å². The first-order chi connectivity index (χ1) is 9.97. The van der Waals surface area contributed by atoms with Crippen molar-refractivity contribution in [3.8, 4) is 0 Å². The molecule has 0 radical (unpaired) electrons. The van der Waals surface area contributed by atoms with Gasteiger partial charge in [-0.3, -0.25) is 4.79 Å². The fraction of sp³-hybridized carbons (Fsp3) is 0.467. The molecule has 2 bridgehead atoms. The summed E-state index contributed by atoms with van der Waals surface area (Å²) >= 11 is 3.33. The van der Waals surface area contributed by atoms with Crippen LogP contribution in [0.2, 0.25) is 0 Å². The Morgan fingerprint density at radius 3 is 2.62 bits per heavy atom. The third kappa shape index (κ3) is 2.58. The van der Waals surface area contributed by atoms with Crippen LogP contribution < -0.4 is 11.1 Å². The second kappa shape index (κ2) is 5.42. The number of hydrogen-bond acceptors (Lipinski definition) is 3. The van der Waals surface area contributed by atoms with Gasteiger partial charge in [0.1, 0.15) is 0 Å². The molecule has 0 spiro atoms. The number of nitrogens with two attached hydrogens (primary N) is 1. The maximum absolute atomic E-state index is 12.5. The van der Waals surface area contributed by atoms with Crippen LogP contribution in [0.4, 0.5) is 5.69 Å². The molecule has 1 amide bonds. The number of aromatic carboxylic acids is 1. The van der Waals surface area contributed by atoms with Crippen LogP contribution in [0.15, 0.2) is 22.7 Å². The van der Waals surface area contributed by atoms with Crippen LogP contribution in [0, 0.1) is 17.8 Å². The molecule has 4 unspecified atom stereocenters. The molecule has 0 aliphatic heterocycles. The highest BCUT2D eigenvalue weighted by Crippen LogP contribution is 2.48. The molecular formula is C15H17BrN2O3. The van der Waals surface area contributed by atoms with Gasteiger partial charge in [0.2, 0.25) is 5.91 Å². The van der Waals surface area contributed by atoms with E-state index >= 15 is 0 Å². The predicted octanol–water partition coefficient (Wildman–Crippen LogP) is 2.46. The topological polar surface area (TPSA) is 92.4 Å². The van der Waals surface area contributed by atoms with E-state index in [4.69, 9.17) is 10.8 Å². The van der Waals surface area contributed by atoms with Crippen molar-refractivity contribution in [1.82, 2.24) is 0 Å². The third-order valence-electron chi connectivity index (χ3n) is 4.75. The fourth-order valence-electron chi connectivity index (χ4n) is 3.69. The van der Waals surface area contributed by atoms with Gasteiger partial charge < -0.3 is 16.2 Å². The van der Waals surface area contributed by atoms with Gasteiger partial charge in [0.15, 0.2) is 0 Å². The molecule has 21 heavy (non-hydrogen) atoms. The van der Waals surface area contributed by atoms with Gasteiger partial charge in [0.05, 0.1) is 17.2 Å². The molecule has 4 N–H and O–H groups in total. The second-order valence-electron chi connectivity index (χ2n) is 5.93. The number of rotatable bonds is 3. The zero-order valence-corrected chi connectivity index (χ0v) is 13.0. The molecule has 2 aliphatic carbocycles. The number of carbonyl (C=O) groups is 2. The summed E-state index contributed by atoms with van der Waals surface area (Å²) in [7, 11) is 0. The first kappa shape index (κ1) is 14.5. The van der Waals surface area contributed by atoms with Crippen molar-refractivity contribution in [2.75, 3.05) is 5.32 Å². The number of nitrogens with one attached hydrogen (secondary N) is 1. The van der Waals surface area contributed by atoms with Crippen LogP contribution in [0.5, 0.6) is 0 Å². The largest absolute Gasteiger partial charge is 0.478 e. The lowest BCUT2D eigenvalue weighted by molar-refractivity contribution is -0.121. The van der Waals surface area contributed by atoms with E-state index in [0.29, 0.717) is 22.0 Å². The van der Waals surface area contributed by atoms with Crippen LogP contribution >= 0.6 is 15.9 Å². The minimum atomic E-state index is -1.02. The van der Waals surface area contributed by atoms with Gasteiger partial charge in [-0.25, -0.2) is 4.79 Å². The highest BCUT2D eigenvalue weighted by Gasteiger charge is 2.49. The zero-order chi connectivity index (χ0) is 15.1. The maximum Gasteiger partial charge on any atom is 0.335 e. The van der Waals surface area contributed by atoms with Crippen molar-refractivity contribution in [3.05, 3.63) is 28.2 Å². The van der Waals surface area contributed by atoms with Crippen molar-refractivity contribution in [2.24, 2.45) is 23.5 Å². The zero-order valence-electron chi connectivity index (χ0n) is 11.4. The summed E-state index contributed by atoms with van der Waals surface area (Å²) in [6.07, 6.45) is 3.22. The number of amides is 1. The highest BCUT2D eigenvalue weighted by atomic mass is 79.9. The van der Waals surface area contributed by atoms with Crippen LogP contribution in [0.1, 0.15) is 29.6 Å². The smallest absolute Gasteiger partial charge is 0.335 e. The molecule has 0 saturated heterocycles. The van der Waals surface area contributed by atoms with Crippen LogP contribution in [-0.2, 0) is 4.79 Å². The number of hydrogen-bond donors (Lipinski definition) is 3. The summed E-state index contributed by atoms with van der Waals surface area (Å²) in [4.78, 5) is 23.5. The third-order valence-corrected chi connectivity index (χ3v) is 5.45. The number of fused-ring (bicyclic) bond motifs is 2. The van der Waals surface area contributed by atoms with Crippen molar-refractivity contribution < 1.29 is 14.7 Å². The molecule has 3 rings (SSSR count). The van der Waals surface area contributed by atoms with Gasteiger partial charge in [-0.2, -0.15) is 0 Å². The molecule has 4 atom stereocenters. The summed E-state index contributed by atoms with van der Waals surface area (Å²) in [5.41, 5.74) is 6.79. The lowest BCUT2D eigenvalue weighted by atomic mass is 9.84. The van der Waals surface area contributed by atoms with E-state index in [1.807, 2.05) is 0 Å². The fourth-order valence-corrected chi connectivity index (χ4v) is 4.04. The second-order valence-corrected chi connectivity index (χ2v) is 6.78. The lowest BCUT2D eigenvalue weighted by Gasteiger charge is -2.27. The van der Waals surface area contributed by atoms with Gasteiger partial charge in [0.25, 0.3) is 0 Å². The first-order valence-electron chi connectivity index (χ1n) is 7.06. The molecule has 1 aromatic carbocycles. The molecule has 2 saturated carbocycles. The SMILES string of the molecule is NC1C2CCC(C2)C1C(=O)Nc1cc(C(=O)O)ccc1Br. The molecule has 0 heterocycles. The lowest BCUT2D eigenvalue weighted by Crippen LogP contribution is -2.42. The Morgan fingerprint density at radius 1 is 1.29 bits per heavy atom. The van der Waals surface area contributed by atoms with E-state index in [1.54, 1.807) is 6.07 Å². The van der Waals surface area contributed by atoms with E-state index in [9.17, 15) is 9.59 Å². The minimum absolute atomic E-state index is 0.0785. The quantitative estimate of drug-likeness (QED) is 0.778. The Hall–Kier alpha value is -1.40.